The molecule has 2 rings (SSSR count). The van der Waals surface area contributed by atoms with Crippen LogP contribution in [0.15, 0.2) is 47.4 Å². The summed E-state index contributed by atoms with van der Waals surface area (Å²) in [7, 11) is -2.42. The quantitative estimate of drug-likeness (QED) is 0.463. The van der Waals surface area contributed by atoms with E-state index in [0.29, 0.717) is 29.2 Å². The van der Waals surface area contributed by atoms with E-state index in [9.17, 15) is 18.0 Å². The number of methoxy groups -OCH3 is 1. The van der Waals surface area contributed by atoms with Gasteiger partial charge < -0.3 is 14.2 Å². The third kappa shape index (κ3) is 6.30. The molecule has 0 spiro atoms. The van der Waals surface area contributed by atoms with E-state index in [0.717, 1.165) is 0 Å². The summed E-state index contributed by atoms with van der Waals surface area (Å²) >= 11 is 0. The zero-order valence-corrected chi connectivity index (χ0v) is 17.2. The smallest absolute Gasteiger partial charge is 0.321 e. The summed E-state index contributed by atoms with van der Waals surface area (Å²) in [5, 5.41) is 0. The number of ether oxygens (including phenoxy) is 3. The highest BCUT2D eigenvalue weighted by Gasteiger charge is 2.17. The van der Waals surface area contributed by atoms with Crippen molar-refractivity contribution in [2.24, 2.45) is 0 Å². The third-order valence-corrected chi connectivity index (χ3v) is 5.34. The highest BCUT2D eigenvalue weighted by molar-refractivity contribution is 7.89. The number of sulfonamides is 1. The Morgan fingerprint density at radius 1 is 1.07 bits per heavy atom. The minimum atomic E-state index is -3.88. The van der Waals surface area contributed by atoms with Crippen LogP contribution in [0.25, 0.3) is 0 Å². The fourth-order valence-electron chi connectivity index (χ4n) is 2.44. The molecule has 0 atom stereocenters. The van der Waals surface area contributed by atoms with Crippen LogP contribution in [0.3, 0.4) is 0 Å². The van der Waals surface area contributed by atoms with Crippen molar-refractivity contribution in [3.63, 3.8) is 0 Å². The number of nitrogens with one attached hydrogen (secondary N) is 1. The minimum absolute atomic E-state index is 0.00424. The van der Waals surface area contributed by atoms with Gasteiger partial charge in [-0.05, 0) is 56.3 Å². The Morgan fingerprint density at radius 2 is 1.76 bits per heavy atom. The molecule has 2 aromatic rings. The molecule has 156 valence electrons. The van der Waals surface area contributed by atoms with E-state index in [1.165, 1.54) is 38.3 Å². The molecule has 0 fully saturated rings. The molecule has 9 heteroatoms. The molecule has 0 bridgehead atoms. The zero-order chi connectivity index (χ0) is 21.4. The Kier molecular flexibility index (Phi) is 7.74. The largest absolute Gasteiger partial charge is 0.496 e. The molecule has 0 aliphatic rings. The molecule has 0 aliphatic heterocycles. The summed E-state index contributed by atoms with van der Waals surface area (Å²) in [5.74, 6) is 0.100. The van der Waals surface area contributed by atoms with E-state index < -0.39 is 22.5 Å². The van der Waals surface area contributed by atoms with Crippen LogP contribution < -0.4 is 14.2 Å². The number of ketones is 1. The molecule has 0 aromatic heterocycles. The summed E-state index contributed by atoms with van der Waals surface area (Å²) in [4.78, 5) is 23.5. The number of carbonyl (C=O) groups excluding carboxylic acids is 2. The van der Waals surface area contributed by atoms with E-state index in [1.807, 2.05) is 6.92 Å². The third-order valence-electron chi connectivity index (χ3n) is 3.93. The zero-order valence-electron chi connectivity index (χ0n) is 16.4. The van der Waals surface area contributed by atoms with E-state index in [1.54, 1.807) is 18.2 Å². The average Bonchev–Trinajstić information content (AvgIpc) is 2.71. The molecule has 0 amide bonds. The fourth-order valence-corrected chi connectivity index (χ4v) is 3.41. The minimum Gasteiger partial charge on any atom is -0.496 e. The Bertz CT molecular complexity index is 969. The summed E-state index contributed by atoms with van der Waals surface area (Å²) in [6.45, 7) is 3.02. The Morgan fingerprint density at radius 3 is 2.34 bits per heavy atom. The van der Waals surface area contributed by atoms with Crippen molar-refractivity contribution in [3.8, 4) is 11.5 Å². The summed E-state index contributed by atoms with van der Waals surface area (Å²) in [6.07, 6.45) is 0. The number of Topliss-reactive ketones (excluding diaryl/α,β-unsaturated/α-hetero) is 1. The van der Waals surface area contributed by atoms with Gasteiger partial charge in [0.2, 0.25) is 10.0 Å². The Labute approximate surface area is 169 Å². The van der Waals surface area contributed by atoms with Crippen molar-refractivity contribution in [1.29, 1.82) is 0 Å². The lowest BCUT2D eigenvalue weighted by Crippen LogP contribution is -2.30. The lowest BCUT2D eigenvalue weighted by molar-refractivity contribution is -0.143. The van der Waals surface area contributed by atoms with Gasteiger partial charge in [0.1, 0.15) is 24.7 Å². The van der Waals surface area contributed by atoms with E-state index in [2.05, 4.69) is 4.72 Å². The van der Waals surface area contributed by atoms with Gasteiger partial charge >= 0.3 is 5.97 Å². The molecular formula is C20H23NO7S. The molecular weight excluding hydrogens is 398 g/mol. The number of hydrogen-bond acceptors (Lipinski definition) is 7. The number of esters is 1. The second kappa shape index (κ2) is 10.0. The predicted octanol–water partition coefficient (Wildman–Crippen LogP) is 2.32. The van der Waals surface area contributed by atoms with E-state index in [4.69, 9.17) is 14.2 Å². The maximum atomic E-state index is 12.3. The Hall–Kier alpha value is -2.91. The summed E-state index contributed by atoms with van der Waals surface area (Å²) in [5.41, 5.74) is 0.955. The highest BCUT2D eigenvalue weighted by atomic mass is 32.2. The first-order chi connectivity index (χ1) is 13.8. The first kappa shape index (κ1) is 22.4. The second-order valence-electron chi connectivity index (χ2n) is 5.97. The van der Waals surface area contributed by atoms with E-state index >= 15 is 0 Å². The number of hydrogen-bond donors (Lipinski definition) is 1. The summed E-state index contributed by atoms with van der Waals surface area (Å²) < 4.78 is 42.3. The van der Waals surface area contributed by atoms with Crippen molar-refractivity contribution in [2.45, 2.75) is 25.3 Å². The SMILES string of the molecule is CCOc1ccc(S(=O)(=O)NCC(=O)OCc2cc(C(C)=O)ccc2OC)cc1. The monoisotopic (exact) mass is 421 g/mol. The molecule has 8 nitrogen and oxygen atoms in total. The lowest BCUT2D eigenvalue weighted by atomic mass is 10.1. The average molecular weight is 421 g/mol. The maximum Gasteiger partial charge on any atom is 0.321 e. The van der Waals surface area contributed by atoms with Gasteiger partial charge in [-0.1, -0.05) is 0 Å². The van der Waals surface area contributed by atoms with Gasteiger partial charge in [-0.15, -0.1) is 0 Å². The van der Waals surface area contributed by atoms with Gasteiger partial charge in [-0.2, -0.15) is 4.72 Å². The van der Waals surface area contributed by atoms with Crippen LogP contribution in [0.5, 0.6) is 11.5 Å². The molecule has 2 aromatic carbocycles. The standard InChI is InChI=1S/C20H23NO7S/c1-4-27-17-6-8-18(9-7-17)29(24,25)21-12-20(23)28-13-16-11-15(14(2)22)5-10-19(16)26-3/h5-11,21H,4,12-13H2,1-3H3. The molecule has 0 aliphatic carbocycles. The van der Waals surface area contributed by atoms with Gasteiger partial charge in [0.15, 0.2) is 5.78 Å². The molecule has 0 radical (unpaired) electrons. The number of carbonyl (C=O) groups is 2. The van der Waals surface area contributed by atoms with Gasteiger partial charge in [0, 0.05) is 11.1 Å². The van der Waals surface area contributed by atoms with Crippen LogP contribution in [0.2, 0.25) is 0 Å². The van der Waals surface area contributed by atoms with Crippen LogP contribution in [0.4, 0.5) is 0 Å². The molecule has 0 saturated heterocycles. The molecule has 0 saturated carbocycles. The van der Waals surface area contributed by atoms with Gasteiger partial charge in [-0.3, -0.25) is 9.59 Å². The first-order valence-electron chi connectivity index (χ1n) is 8.82. The molecule has 29 heavy (non-hydrogen) atoms. The van der Waals surface area contributed by atoms with Gasteiger partial charge in [0.05, 0.1) is 18.6 Å². The number of rotatable bonds is 10. The van der Waals surface area contributed by atoms with Crippen LogP contribution >= 0.6 is 0 Å². The molecule has 0 unspecified atom stereocenters. The van der Waals surface area contributed by atoms with Crippen LogP contribution in [-0.2, 0) is 26.2 Å². The van der Waals surface area contributed by atoms with Crippen LogP contribution in [-0.4, -0.2) is 40.4 Å². The fraction of sp³-hybridized carbons (Fsp3) is 0.300. The lowest BCUT2D eigenvalue weighted by Gasteiger charge is -2.11. The van der Waals surface area contributed by atoms with Crippen molar-refractivity contribution in [2.75, 3.05) is 20.3 Å². The van der Waals surface area contributed by atoms with Crippen molar-refractivity contribution in [3.05, 3.63) is 53.6 Å². The second-order valence-corrected chi connectivity index (χ2v) is 7.74. The van der Waals surface area contributed by atoms with E-state index in [-0.39, 0.29) is 17.3 Å². The first-order valence-corrected chi connectivity index (χ1v) is 10.3. The highest BCUT2D eigenvalue weighted by Crippen LogP contribution is 2.21. The van der Waals surface area contributed by atoms with Crippen molar-refractivity contribution < 1.29 is 32.2 Å². The van der Waals surface area contributed by atoms with Crippen LogP contribution in [0.1, 0.15) is 29.8 Å². The predicted molar refractivity (Wildman–Crippen MR) is 106 cm³/mol. The van der Waals surface area contributed by atoms with Crippen molar-refractivity contribution in [1.82, 2.24) is 4.72 Å². The normalized spacial score (nSPS) is 11.0. The van der Waals surface area contributed by atoms with Crippen molar-refractivity contribution >= 4 is 21.8 Å². The molecule has 0 heterocycles. The topological polar surface area (TPSA) is 108 Å². The summed E-state index contributed by atoms with van der Waals surface area (Å²) in [6, 6.07) is 10.6. The van der Waals surface area contributed by atoms with Gasteiger partial charge in [-0.25, -0.2) is 8.42 Å². The van der Waals surface area contributed by atoms with Crippen LogP contribution in [0, 0.1) is 0 Å². The van der Waals surface area contributed by atoms with Gasteiger partial charge in [0.25, 0.3) is 0 Å². The maximum absolute atomic E-state index is 12.3. The Balaban J connectivity index is 1.96. The molecule has 1 N–H and O–H groups in total. The number of benzene rings is 2.